The highest BCUT2D eigenvalue weighted by Crippen LogP contribution is 2.38. The summed E-state index contributed by atoms with van der Waals surface area (Å²) in [5, 5.41) is 12.1. The van der Waals surface area contributed by atoms with E-state index >= 15 is 0 Å². The van der Waals surface area contributed by atoms with Crippen LogP contribution in [0.1, 0.15) is 40.4 Å². The molecule has 5 heteroatoms. The third kappa shape index (κ3) is 5.13. The maximum absolute atomic E-state index is 11.7. The van der Waals surface area contributed by atoms with Crippen molar-refractivity contribution in [3.63, 3.8) is 0 Å². The molecule has 0 saturated carbocycles. The molecule has 4 rings (SSSR count). The van der Waals surface area contributed by atoms with Crippen LogP contribution in [0.2, 0.25) is 5.02 Å². The van der Waals surface area contributed by atoms with Gasteiger partial charge in [-0.25, -0.2) is 4.79 Å². The topological polar surface area (TPSA) is 49.8 Å². The summed E-state index contributed by atoms with van der Waals surface area (Å²) in [6.07, 6.45) is 2.98. The highest BCUT2D eigenvalue weighted by molar-refractivity contribution is 6.30. The van der Waals surface area contributed by atoms with Crippen molar-refractivity contribution in [2.45, 2.75) is 18.9 Å². The largest absolute Gasteiger partial charge is 0.465 e. The van der Waals surface area contributed by atoms with E-state index in [1.165, 1.54) is 7.11 Å². The minimum absolute atomic E-state index is 0.154. The van der Waals surface area contributed by atoms with Crippen molar-refractivity contribution < 1.29 is 14.6 Å². The molecule has 1 heterocycles. The predicted octanol–water partition coefficient (Wildman–Crippen LogP) is 6.39. The van der Waals surface area contributed by atoms with Gasteiger partial charge in [-0.15, -0.1) is 0 Å². The molecule has 1 N–H and O–H groups in total. The zero-order chi connectivity index (χ0) is 23.4. The van der Waals surface area contributed by atoms with Crippen LogP contribution in [0.3, 0.4) is 0 Å². The van der Waals surface area contributed by atoms with Crippen LogP contribution in [0.4, 0.5) is 5.69 Å². The molecule has 1 aliphatic rings. The van der Waals surface area contributed by atoms with E-state index in [0.717, 1.165) is 53.9 Å². The summed E-state index contributed by atoms with van der Waals surface area (Å²) in [5.41, 5.74) is 5.59. The van der Waals surface area contributed by atoms with Gasteiger partial charge in [-0.3, -0.25) is 0 Å². The Morgan fingerprint density at radius 1 is 1.09 bits per heavy atom. The van der Waals surface area contributed by atoms with Crippen molar-refractivity contribution in [2.24, 2.45) is 5.92 Å². The van der Waals surface area contributed by atoms with E-state index in [4.69, 9.17) is 16.3 Å². The Labute approximate surface area is 200 Å². The number of piperidine rings is 1. The Kier molecular flexibility index (Phi) is 7.17. The highest BCUT2D eigenvalue weighted by atomic mass is 35.5. The summed E-state index contributed by atoms with van der Waals surface area (Å²) in [5.74, 6) is -0.177. The summed E-state index contributed by atoms with van der Waals surface area (Å²) in [6.45, 7) is 5.58. The van der Waals surface area contributed by atoms with Crippen LogP contribution in [0.5, 0.6) is 0 Å². The number of carbonyl (C=O) groups is 1. The van der Waals surface area contributed by atoms with Gasteiger partial charge in [0, 0.05) is 23.8 Å². The van der Waals surface area contributed by atoms with Gasteiger partial charge in [-0.1, -0.05) is 48.5 Å². The number of benzene rings is 3. The second kappa shape index (κ2) is 10.2. The molecule has 1 aliphatic heterocycles. The molecule has 3 aromatic rings. The number of carbonyl (C=O) groups excluding carboxylic acids is 1. The Bertz CT molecular complexity index is 1120. The third-order valence-corrected chi connectivity index (χ3v) is 6.68. The standard InChI is InChI=1S/C28H28ClNO3/c1-3-19-4-13-25(20-5-9-23(29)10-6-20)26(18-19)27(31)21-14-16-30(17-15-21)24-11-7-22(8-12-24)28(32)33-2/h3-13,18,21,27,31H,1,14-17H2,2H3. The van der Waals surface area contributed by atoms with E-state index in [0.29, 0.717) is 10.6 Å². The van der Waals surface area contributed by atoms with E-state index in [2.05, 4.69) is 17.5 Å². The maximum atomic E-state index is 11.7. The SMILES string of the molecule is C=Cc1ccc(-c2ccc(Cl)cc2)c(C(O)C2CCN(c3ccc(C(=O)OC)cc3)CC2)c1. The average Bonchev–Trinajstić information content (AvgIpc) is 2.88. The summed E-state index contributed by atoms with van der Waals surface area (Å²) >= 11 is 6.08. The lowest BCUT2D eigenvalue weighted by Gasteiger charge is -2.36. The van der Waals surface area contributed by atoms with Crippen LogP contribution in [0.25, 0.3) is 17.2 Å². The maximum Gasteiger partial charge on any atom is 0.337 e. The van der Waals surface area contributed by atoms with Crippen molar-refractivity contribution in [1.82, 2.24) is 0 Å². The number of hydrogen-bond donors (Lipinski definition) is 1. The Hall–Kier alpha value is -3.08. The number of ether oxygens (including phenoxy) is 1. The van der Waals surface area contributed by atoms with Crippen molar-refractivity contribution in [3.05, 3.63) is 95.0 Å². The first-order valence-electron chi connectivity index (χ1n) is 11.1. The monoisotopic (exact) mass is 461 g/mol. The van der Waals surface area contributed by atoms with Gasteiger partial charge in [-0.05, 0) is 83.5 Å². The lowest BCUT2D eigenvalue weighted by molar-refractivity contribution is 0.0600. The van der Waals surface area contributed by atoms with Gasteiger partial charge in [0.1, 0.15) is 0 Å². The molecule has 1 fully saturated rings. The summed E-state index contributed by atoms with van der Waals surface area (Å²) in [4.78, 5) is 14.0. The van der Waals surface area contributed by atoms with E-state index in [9.17, 15) is 9.90 Å². The van der Waals surface area contributed by atoms with Gasteiger partial charge in [-0.2, -0.15) is 0 Å². The quantitative estimate of drug-likeness (QED) is 0.432. The Morgan fingerprint density at radius 2 is 1.76 bits per heavy atom. The number of halogens is 1. The molecular weight excluding hydrogens is 434 g/mol. The van der Waals surface area contributed by atoms with Crippen LogP contribution in [-0.4, -0.2) is 31.3 Å². The zero-order valence-corrected chi connectivity index (χ0v) is 19.5. The molecule has 0 amide bonds. The fraction of sp³-hybridized carbons (Fsp3) is 0.250. The first-order chi connectivity index (χ1) is 16.0. The smallest absolute Gasteiger partial charge is 0.337 e. The van der Waals surface area contributed by atoms with Gasteiger partial charge < -0.3 is 14.7 Å². The second-order valence-electron chi connectivity index (χ2n) is 8.37. The minimum atomic E-state index is -0.570. The highest BCUT2D eigenvalue weighted by Gasteiger charge is 2.28. The molecule has 0 aliphatic carbocycles. The van der Waals surface area contributed by atoms with Crippen LogP contribution in [0.15, 0.2) is 73.3 Å². The number of anilines is 1. The van der Waals surface area contributed by atoms with Crippen molar-refractivity contribution in [2.75, 3.05) is 25.1 Å². The summed E-state index contributed by atoms with van der Waals surface area (Å²) < 4.78 is 4.77. The molecule has 0 bridgehead atoms. The number of aliphatic hydroxyl groups is 1. The molecule has 0 radical (unpaired) electrons. The van der Waals surface area contributed by atoms with E-state index in [1.54, 1.807) is 12.1 Å². The average molecular weight is 462 g/mol. The number of hydrogen-bond acceptors (Lipinski definition) is 4. The van der Waals surface area contributed by atoms with E-state index < -0.39 is 6.10 Å². The van der Waals surface area contributed by atoms with Crippen molar-refractivity contribution in [1.29, 1.82) is 0 Å². The molecule has 1 unspecified atom stereocenters. The first kappa shape index (κ1) is 23.1. The van der Waals surface area contributed by atoms with Crippen LogP contribution >= 0.6 is 11.6 Å². The van der Waals surface area contributed by atoms with E-state index in [-0.39, 0.29) is 11.9 Å². The van der Waals surface area contributed by atoms with E-state index in [1.807, 2.05) is 54.6 Å². The third-order valence-electron chi connectivity index (χ3n) is 6.42. The Balaban J connectivity index is 1.50. The lowest BCUT2D eigenvalue weighted by atomic mass is 9.83. The summed E-state index contributed by atoms with van der Waals surface area (Å²) in [6, 6.07) is 21.3. The van der Waals surface area contributed by atoms with Crippen LogP contribution in [0, 0.1) is 5.92 Å². The van der Waals surface area contributed by atoms with Gasteiger partial charge in [0.05, 0.1) is 18.8 Å². The first-order valence-corrected chi connectivity index (χ1v) is 11.5. The van der Waals surface area contributed by atoms with Gasteiger partial charge in [0.25, 0.3) is 0 Å². The molecule has 0 aromatic heterocycles. The number of esters is 1. The number of nitrogens with zero attached hydrogens (tertiary/aromatic N) is 1. The zero-order valence-electron chi connectivity index (χ0n) is 18.7. The molecule has 1 atom stereocenters. The summed E-state index contributed by atoms with van der Waals surface area (Å²) in [7, 11) is 1.38. The molecule has 170 valence electrons. The predicted molar refractivity (Wildman–Crippen MR) is 135 cm³/mol. The molecular formula is C28H28ClNO3. The normalized spacial score (nSPS) is 15.2. The lowest BCUT2D eigenvalue weighted by Crippen LogP contribution is -2.35. The number of rotatable bonds is 6. The Morgan fingerprint density at radius 3 is 2.36 bits per heavy atom. The number of methoxy groups -OCH3 is 1. The fourth-order valence-corrected chi connectivity index (χ4v) is 4.62. The van der Waals surface area contributed by atoms with Gasteiger partial charge >= 0.3 is 5.97 Å². The fourth-order valence-electron chi connectivity index (χ4n) is 4.50. The minimum Gasteiger partial charge on any atom is -0.465 e. The molecule has 4 nitrogen and oxygen atoms in total. The molecule has 3 aromatic carbocycles. The molecule has 1 saturated heterocycles. The van der Waals surface area contributed by atoms with Gasteiger partial charge in [0.2, 0.25) is 0 Å². The van der Waals surface area contributed by atoms with Crippen molar-refractivity contribution >= 4 is 29.3 Å². The van der Waals surface area contributed by atoms with Crippen LogP contribution < -0.4 is 4.90 Å². The second-order valence-corrected chi connectivity index (χ2v) is 8.80. The van der Waals surface area contributed by atoms with Gasteiger partial charge in [0.15, 0.2) is 0 Å². The molecule has 0 spiro atoms. The van der Waals surface area contributed by atoms with Crippen molar-refractivity contribution in [3.8, 4) is 11.1 Å². The number of aliphatic hydroxyl groups excluding tert-OH is 1. The molecule has 33 heavy (non-hydrogen) atoms. The van der Waals surface area contributed by atoms with Crippen LogP contribution in [-0.2, 0) is 4.74 Å².